The Kier molecular flexibility index (Phi) is 4.59. The molecule has 0 amide bonds. The van der Waals surface area contributed by atoms with Crippen LogP contribution in [0.15, 0.2) is 30.5 Å². The van der Waals surface area contributed by atoms with E-state index in [1.807, 2.05) is 30.4 Å². The van der Waals surface area contributed by atoms with Crippen LogP contribution in [-0.2, 0) is 13.0 Å². The van der Waals surface area contributed by atoms with E-state index in [-0.39, 0.29) is 0 Å². The first-order chi connectivity index (χ1) is 8.81. The van der Waals surface area contributed by atoms with Crippen molar-refractivity contribution in [2.45, 2.75) is 26.8 Å². The van der Waals surface area contributed by atoms with Gasteiger partial charge < -0.3 is 10.1 Å². The molecule has 0 radical (unpaired) electrons. The van der Waals surface area contributed by atoms with Gasteiger partial charge in [-0.25, -0.2) is 4.98 Å². The van der Waals surface area contributed by atoms with Gasteiger partial charge in [0, 0.05) is 22.4 Å². The molecule has 0 atom stereocenters. The molecule has 0 unspecified atom stereocenters. The van der Waals surface area contributed by atoms with Crippen LogP contribution in [-0.4, -0.2) is 11.6 Å². The summed E-state index contributed by atoms with van der Waals surface area (Å²) in [4.78, 5) is 7.00. The monoisotopic (exact) mass is 262 g/mol. The van der Waals surface area contributed by atoms with Crippen LogP contribution in [0.4, 0.5) is 5.69 Å². The second-order valence-corrected chi connectivity index (χ2v) is 5.15. The molecule has 0 fully saturated rings. The van der Waals surface area contributed by atoms with Crippen LogP contribution in [0.3, 0.4) is 0 Å². The van der Waals surface area contributed by atoms with Gasteiger partial charge in [-0.05, 0) is 31.5 Å². The lowest BCUT2D eigenvalue weighted by Crippen LogP contribution is -1.99. The average molecular weight is 262 g/mol. The molecule has 3 nitrogen and oxygen atoms in total. The Balaban J connectivity index is 1.89. The smallest absolute Gasteiger partial charge is 0.213 e. The van der Waals surface area contributed by atoms with Gasteiger partial charge in [0.15, 0.2) is 0 Å². The molecule has 0 aliphatic rings. The van der Waals surface area contributed by atoms with Crippen molar-refractivity contribution >= 4 is 17.0 Å². The second kappa shape index (κ2) is 6.40. The maximum atomic E-state index is 5.30. The van der Waals surface area contributed by atoms with Gasteiger partial charge in [0.25, 0.3) is 0 Å². The van der Waals surface area contributed by atoms with Gasteiger partial charge in [0.2, 0.25) is 5.88 Å². The molecular formula is C14H18N2OS. The first-order valence-electron chi connectivity index (χ1n) is 6.22. The standard InChI is InChI=1S/C14H18N2OS/c1-3-12-6-7-13(18-12)10-15-11-5-8-14(16-9-11)17-4-2/h5-9,15H,3-4,10H2,1-2H3. The quantitative estimate of drug-likeness (QED) is 0.861. The van der Waals surface area contributed by atoms with Crippen LogP contribution in [0, 0.1) is 0 Å². The normalized spacial score (nSPS) is 10.3. The molecule has 2 aromatic rings. The summed E-state index contributed by atoms with van der Waals surface area (Å²) < 4.78 is 5.30. The fraction of sp³-hybridized carbons (Fsp3) is 0.357. The average Bonchev–Trinajstić information content (AvgIpc) is 2.86. The molecule has 0 aromatic carbocycles. The molecule has 0 saturated carbocycles. The zero-order chi connectivity index (χ0) is 12.8. The number of rotatable bonds is 6. The van der Waals surface area contributed by atoms with Crippen LogP contribution in [0.1, 0.15) is 23.6 Å². The maximum Gasteiger partial charge on any atom is 0.213 e. The van der Waals surface area contributed by atoms with Crippen molar-refractivity contribution in [1.29, 1.82) is 0 Å². The lowest BCUT2D eigenvalue weighted by Gasteiger charge is -2.06. The van der Waals surface area contributed by atoms with E-state index >= 15 is 0 Å². The molecule has 0 aliphatic heterocycles. The highest BCUT2D eigenvalue weighted by atomic mass is 32.1. The van der Waals surface area contributed by atoms with E-state index in [0.717, 1.165) is 18.7 Å². The van der Waals surface area contributed by atoms with Gasteiger partial charge in [0.05, 0.1) is 18.5 Å². The Labute approximate surface area is 112 Å². The summed E-state index contributed by atoms with van der Waals surface area (Å²) in [6, 6.07) is 8.25. The molecule has 2 rings (SSSR count). The first kappa shape index (κ1) is 12.9. The number of anilines is 1. The fourth-order valence-electron chi connectivity index (χ4n) is 1.61. The molecule has 2 heterocycles. The lowest BCUT2D eigenvalue weighted by atomic mass is 10.3. The van der Waals surface area contributed by atoms with Gasteiger partial charge in [0.1, 0.15) is 0 Å². The van der Waals surface area contributed by atoms with Crippen molar-refractivity contribution in [2.75, 3.05) is 11.9 Å². The lowest BCUT2D eigenvalue weighted by molar-refractivity contribution is 0.327. The minimum absolute atomic E-state index is 0.648. The van der Waals surface area contributed by atoms with Crippen molar-refractivity contribution in [1.82, 2.24) is 4.98 Å². The second-order valence-electron chi connectivity index (χ2n) is 3.89. The number of aromatic nitrogens is 1. The largest absolute Gasteiger partial charge is 0.478 e. The Morgan fingerprint density at radius 1 is 1.17 bits per heavy atom. The van der Waals surface area contributed by atoms with Gasteiger partial charge in [-0.15, -0.1) is 11.3 Å². The highest BCUT2D eigenvalue weighted by molar-refractivity contribution is 7.12. The zero-order valence-electron chi connectivity index (χ0n) is 10.8. The summed E-state index contributed by atoms with van der Waals surface area (Å²) in [5.74, 6) is 0.674. The van der Waals surface area contributed by atoms with E-state index in [9.17, 15) is 0 Å². The minimum atomic E-state index is 0.648. The summed E-state index contributed by atoms with van der Waals surface area (Å²) in [7, 11) is 0. The third-order valence-electron chi connectivity index (χ3n) is 2.56. The van der Waals surface area contributed by atoms with Crippen LogP contribution in [0.25, 0.3) is 0 Å². The molecule has 96 valence electrons. The van der Waals surface area contributed by atoms with E-state index in [4.69, 9.17) is 4.74 Å². The Morgan fingerprint density at radius 2 is 2.00 bits per heavy atom. The van der Waals surface area contributed by atoms with E-state index in [2.05, 4.69) is 29.4 Å². The van der Waals surface area contributed by atoms with Crippen molar-refractivity contribution in [3.05, 3.63) is 40.2 Å². The Bertz CT molecular complexity index is 479. The SMILES string of the molecule is CCOc1ccc(NCc2ccc(CC)s2)cn1. The molecule has 0 saturated heterocycles. The number of nitrogens with zero attached hydrogens (tertiary/aromatic N) is 1. The number of ether oxygens (including phenoxy) is 1. The van der Waals surface area contributed by atoms with Crippen molar-refractivity contribution < 1.29 is 4.74 Å². The van der Waals surface area contributed by atoms with E-state index in [1.165, 1.54) is 9.75 Å². The highest BCUT2D eigenvalue weighted by Gasteiger charge is 1.99. The van der Waals surface area contributed by atoms with Gasteiger partial charge in [-0.3, -0.25) is 0 Å². The summed E-state index contributed by atoms with van der Waals surface area (Å²) in [6.07, 6.45) is 2.91. The number of hydrogen-bond donors (Lipinski definition) is 1. The van der Waals surface area contributed by atoms with E-state index in [0.29, 0.717) is 12.5 Å². The molecule has 0 spiro atoms. The summed E-state index contributed by atoms with van der Waals surface area (Å²) in [5, 5.41) is 3.36. The van der Waals surface area contributed by atoms with Crippen LogP contribution in [0.5, 0.6) is 5.88 Å². The predicted octanol–water partition coefficient (Wildman–Crippen LogP) is 3.72. The molecule has 18 heavy (non-hydrogen) atoms. The molecule has 2 aromatic heterocycles. The van der Waals surface area contributed by atoms with Crippen LogP contribution in [0.2, 0.25) is 0 Å². The number of hydrogen-bond acceptors (Lipinski definition) is 4. The van der Waals surface area contributed by atoms with Gasteiger partial charge in [-0.2, -0.15) is 0 Å². The van der Waals surface area contributed by atoms with Gasteiger partial charge in [-0.1, -0.05) is 6.92 Å². The van der Waals surface area contributed by atoms with Gasteiger partial charge >= 0.3 is 0 Å². The number of aryl methyl sites for hydroxylation is 1. The molecule has 0 bridgehead atoms. The summed E-state index contributed by atoms with van der Waals surface area (Å²) in [6.45, 7) is 5.63. The topological polar surface area (TPSA) is 34.1 Å². The number of pyridine rings is 1. The third kappa shape index (κ3) is 3.47. The summed E-state index contributed by atoms with van der Waals surface area (Å²) >= 11 is 1.86. The van der Waals surface area contributed by atoms with Crippen LogP contribution < -0.4 is 10.1 Å². The minimum Gasteiger partial charge on any atom is -0.478 e. The van der Waals surface area contributed by atoms with Crippen molar-refractivity contribution in [2.24, 2.45) is 0 Å². The zero-order valence-corrected chi connectivity index (χ0v) is 11.6. The van der Waals surface area contributed by atoms with E-state index < -0.39 is 0 Å². The van der Waals surface area contributed by atoms with E-state index in [1.54, 1.807) is 6.20 Å². The summed E-state index contributed by atoms with van der Waals surface area (Å²) in [5.41, 5.74) is 1.02. The van der Waals surface area contributed by atoms with Crippen molar-refractivity contribution in [3.63, 3.8) is 0 Å². The molecule has 4 heteroatoms. The molecular weight excluding hydrogens is 244 g/mol. The predicted molar refractivity (Wildman–Crippen MR) is 76.4 cm³/mol. The fourth-order valence-corrected chi connectivity index (χ4v) is 2.51. The van der Waals surface area contributed by atoms with Crippen molar-refractivity contribution in [3.8, 4) is 5.88 Å². The number of thiophene rings is 1. The molecule has 1 N–H and O–H groups in total. The molecule has 0 aliphatic carbocycles. The number of nitrogens with one attached hydrogen (secondary N) is 1. The Hall–Kier alpha value is -1.55. The highest BCUT2D eigenvalue weighted by Crippen LogP contribution is 2.19. The first-order valence-corrected chi connectivity index (χ1v) is 7.03. The van der Waals surface area contributed by atoms with Crippen LogP contribution >= 0.6 is 11.3 Å². The third-order valence-corrected chi connectivity index (χ3v) is 3.79. The maximum absolute atomic E-state index is 5.30. The Morgan fingerprint density at radius 3 is 2.61 bits per heavy atom.